The fourth-order valence-corrected chi connectivity index (χ4v) is 1.15. The van der Waals surface area contributed by atoms with Crippen LogP contribution in [0.4, 0.5) is 6.01 Å². The molecule has 17 heavy (non-hydrogen) atoms. The van der Waals surface area contributed by atoms with Crippen molar-refractivity contribution >= 4 is 23.5 Å². The number of amides is 1. The Labute approximate surface area is 104 Å². The van der Waals surface area contributed by atoms with Crippen LogP contribution in [0.15, 0.2) is 4.42 Å². The van der Waals surface area contributed by atoms with Crippen LogP contribution in [0.5, 0.6) is 0 Å². The second-order valence-electron chi connectivity index (χ2n) is 3.28. The molecule has 1 amide bonds. The number of nitrogens with zero attached hydrogens (tertiary/aromatic N) is 2. The lowest BCUT2D eigenvalue weighted by Gasteiger charge is -2.11. The van der Waals surface area contributed by atoms with Crippen LogP contribution in [0.1, 0.15) is 12.8 Å². The van der Waals surface area contributed by atoms with Gasteiger partial charge in [-0.2, -0.15) is 0 Å². The van der Waals surface area contributed by atoms with E-state index < -0.39 is 6.04 Å². The molecule has 1 atom stereocenters. The Hall–Kier alpha value is -1.34. The highest BCUT2D eigenvalue weighted by molar-refractivity contribution is 6.16. The van der Waals surface area contributed by atoms with E-state index >= 15 is 0 Å². The van der Waals surface area contributed by atoms with E-state index in [2.05, 4.69) is 20.8 Å². The van der Waals surface area contributed by atoms with Gasteiger partial charge in [-0.1, -0.05) is 5.10 Å². The molecule has 1 aromatic rings. The van der Waals surface area contributed by atoms with Gasteiger partial charge in [-0.15, -0.1) is 16.7 Å². The predicted octanol–water partition coefficient (Wildman–Crippen LogP) is 0.371. The summed E-state index contributed by atoms with van der Waals surface area (Å²) in [5, 5.41) is 12.8. The highest BCUT2D eigenvalue weighted by Crippen LogP contribution is 2.08. The van der Waals surface area contributed by atoms with Crippen LogP contribution in [0.25, 0.3) is 0 Å². The molecule has 1 aromatic heterocycles. The predicted molar refractivity (Wildman–Crippen MR) is 61.8 cm³/mol. The maximum atomic E-state index is 11.6. The zero-order chi connectivity index (χ0) is 12.7. The van der Waals surface area contributed by atoms with Gasteiger partial charge in [0.05, 0.1) is 6.61 Å². The number of carbonyl (C=O) groups excluding carboxylic acids is 1. The normalized spacial score (nSPS) is 12.2. The Morgan fingerprint density at radius 2 is 2.35 bits per heavy atom. The molecule has 0 saturated carbocycles. The number of ether oxygens (including phenoxy) is 1. The summed E-state index contributed by atoms with van der Waals surface area (Å²) in [7, 11) is 1.57. The van der Waals surface area contributed by atoms with Gasteiger partial charge in [-0.25, -0.2) is 0 Å². The molecule has 7 nitrogen and oxygen atoms in total. The van der Waals surface area contributed by atoms with Crippen molar-refractivity contribution in [3.05, 3.63) is 5.89 Å². The second-order valence-corrected chi connectivity index (χ2v) is 3.55. The zero-order valence-corrected chi connectivity index (χ0v) is 10.5. The first-order valence-electron chi connectivity index (χ1n) is 5.09. The number of aromatic nitrogens is 2. The Morgan fingerprint density at radius 3 is 2.94 bits per heavy atom. The number of nitrogens with one attached hydrogen (secondary N) is 2. The number of hydrogen-bond donors (Lipinski definition) is 2. The smallest absolute Gasteiger partial charge is 0.316 e. The molecule has 1 rings (SSSR count). The van der Waals surface area contributed by atoms with E-state index in [0.29, 0.717) is 19.0 Å². The van der Waals surface area contributed by atoms with Gasteiger partial charge in [0, 0.05) is 13.7 Å². The minimum atomic E-state index is -0.476. The zero-order valence-electron chi connectivity index (χ0n) is 9.70. The average molecular weight is 263 g/mol. The number of carbonyl (C=O) groups is 1. The third kappa shape index (κ3) is 4.58. The van der Waals surface area contributed by atoms with Gasteiger partial charge in [-0.05, 0) is 6.92 Å². The molecule has 0 saturated heterocycles. The lowest BCUT2D eigenvalue weighted by atomic mass is 10.3. The first-order valence-corrected chi connectivity index (χ1v) is 5.62. The van der Waals surface area contributed by atoms with Gasteiger partial charge < -0.3 is 19.8 Å². The number of hydrogen-bond acceptors (Lipinski definition) is 6. The summed E-state index contributed by atoms with van der Waals surface area (Å²) in [5.41, 5.74) is 0. The molecule has 0 aromatic carbocycles. The van der Waals surface area contributed by atoms with Crippen molar-refractivity contribution in [2.75, 3.05) is 25.6 Å². The number of alkyl halides is 1. The topological polar surface area (TPSA) is 89.3 Å². The highest BCUT2D eigenvalue weighted by Gasteiger charge is 2.15. The van der Waals surface area contributed by atoms with E-state index in [4.69, 9.17) is 20.8 Å². The minimum absolute atomic E-state index is 0.142. The van der Waals surface area contributed by atoms with Crippen molar-refractivity contribution in [1.82, 2.24) is 15.5 Å². The Balaban J connectivity index is 2.37. The van der Waals surface area contributed by atoms with Crippen molar-refractivity contribution in [3.8, 4) is 0 Å². The van der Waals surface area contributed by atoms with Crippen molar-refractivity contribution < 1.29 is 13.9 Å². The monoisotopic (exact) mass is 262 g/mol. The molecular formula is C9H15ClN4O3. The molecule has 1 heterocycles. The third-order valence-electron chi connectivity index (χ3n) is 1.92. The molecule has 0 fully saturated rings. The maximum Gasteiger partial charge on any atom is 0.316 e. The number of rotatable bonds is 7. The summed E-state index contributed by atoms with van der Waals surface area (Å²) in [6, 6.07) is -0.300. The fourth-order valence-electron chi connectivity index (χ4n) is 1.05. The van der Waals surface area contributed by atoms with Crippen LogP contribution >= 0.6 is 11.6 Å². The largest absolute Gasteiger partial charge is 0.407 e. The second kappa shape index (κ2) is 7.08. The Bertz CT molecular complexity index is 358. The van der Waals surface area contributed by atoms with Crippen molar-refractivity contribution in [2.45, 2.75) is 18.8 Å². The van der Waals surface area contributed by atoms with Gasteiger partial charge >= 0.3 is 6.01 Å². The molecule has 0 aliphatic carbocycles. The molecular weight excluding hydrogens is 248 g/mol. The minimum Gasteiger partial charge on any atom is -0.407 e. The summed E-state index contributed by atoms with van der Waals surface area (Å²) >= 11 is 5.51. The lowest BCUT2D eigenvalue weighted by molar-refractivity contribution is -0.121. The van der Waals surface area contributed by atoms with Crippen LogP contribution in [0.2, 0.25) is 0 Å². The molecule has 0 spiro atoms. The Kier molecular flexibility index (Phi) is 5.71. The quantitative estimate of drug-likeness (QED) is 0.545. The van der Waals surface area contributed by atoms with Gasteiger partial charge in [0.15, 0.2) is 0 Å². The van der Waals surface area contributed by atoms with E-state index in [-0.39, 0.29) is 17.8 Å². The summed E-state index contributed by atoms with van der Waals surface area (Å²) in [6.45, 7) is 2.61. The maximum absolute atomic E-state index is 11.6. The standard InChI is InChI=1S/C9H15ClN4O3/c1-6(8(15)11-3-4-16-2)12-9-14-13-7(5-10)17-9/h6H,3-5H2,1-2H3,(H,11,15)(H,12,14). The first kappa shape index (κ1) is 13.7. The number of anilines is 1. The summed E-state index contributed by atoms with van der Waals surface area (Å²) < 4.78 is 9.93. The van der Waals surface area contributed by atoms with Crippen LogP contribution in [0, 0.1) is 0 Å². The fraction of sp³-hybridized carbons (Fsp3) is 0.667. The molecule has 0 aliphatic rings. The van der Waals surface area contributed by atoms with E-state index in [0.717, 1.165) is 0 Å². The molecule has 1 unspecified atom stereocenters. The van der Waals surface area contributed by atoms with Crippen LogP contribution in [-0.2, 0) is 15.4 Å². The van der Waals surface area contributed by atoms with Gasteiger partial charge in [0.2, 0.25) is 11.8 Å². The first-order chi connectivity index (χ1) is 8.17. The molecule has 0 bridgehead atoms. The molecule has 0 aliphatic heterocycles. The Morgan fingerprint density at radius 1 is 1.59 bits per heavy atom. The van der Waals surface area contributed by atoms with Crippen LogP contribution in [0.3, 0.4) is 0 Å². The number of halogens is 1. The van der Waals surface area contributed by atoms with Gasteiger partial charge in [0.25, 0.3) is 0 Å². The third-order valence-corrected chi connectivity index (χ3v) is 2.15. The molecule has 8 heteroatoms. The van der Waals surface area contributed by atoms with Crippen LogP contribution in [-0.4, -0.2) is 42.4 Å². The SMILES string of the molecule is COCCNC(=O)C(C)Nc1nnc(CCl)o1. The number of methoxy groups -OCH3 is 1. The van der Waals surface area contributed by atoms with Gasteiger partial charge in [-0.3, -0.25) is 4.79 Å². The van der Waals surface area contributed by atoms with Crippen LogP contribution < -0.4 is 10.6 Å². The van der Waals surface area contributed by atoms with Crippen molar-refractivity contribution in [3.63, 3.8) is 0 Å². The van der Waals surface area contributed by atoms with E-state index in [9.17, 15) is 4.79 Å². The summed E-state index contributed by atoms with van der Waals surface area (Å²) in [4.78, 5) is 11.6. The summed E-state index contributed by atoms with van der Waals surface area (Å²) in [5.74, 6) is 0.275. The van der Waals surface area contributed by atoms with Crippen molar-refractivity contribution in [2.24, 2.45) is 0 Å². The van der Waals surface area contributed by atoms with Gasteiger partial charge in [0.1, 0.15) is 11.9 Å². The summed E-state index contributed by atoms with van der Waals surface area (Å²) in [6.07, 6.45) is 0. The van der Waals surface area contributed by atoms with E-state index in [1.807, 2.05) is 0 Å². The average Bonchev–Trinajstić information content (AvgIpc) is 2.77. The van der Waals surface area contributed by atoms with Crippen molar-refractivity contribution in [1.29, 1.82) is 0 Å². The van der Waals surface area contributed by atoms with E-state index in [1.165, 1.54) is 0 Å². The molecule has 96 valence electrons. The molecule has 0 radical (unpaired) electrons. The molecule has 2 N–H and O–H groups in total. The highest BCUT2D eigenvalue weighted by atomic mass is 35.5. The lowest BCUT2D eigenvalue weighted by Crippen LogP contribution is -2.39. The van der Waals surface area contributed by atoms with E-state index in [1.54, 1.807) is 14.0 Å².